The maximum atomic E-state index is 12.9. The Bertz CT molecular complexity index is 1050. The van der Waals surface area contributed by atoms with Crippen LogP contribution in [0.1, 0.15) is 32.6 Å². The molecule has 1 saturated carbocycles. The van der Waals surface area contributed by atoms with Gasteiger partial charge >= 0.3 is 6.03 Å². The van der Waals surface area contributed by atoms with Crippen LogP contribution in [0.25, 0.3) is 0 Å². The highest BCUT2D eigenvalue weighted by Crippen LogP contribution is 2.35. The van der Waals surface area contributed by atoms with E-state index in [1.807, 2.05) is 0 Å². The van der Waals surface area contributed by atoms with E-state index in [0.29, 0.717) is 31.8 Å². The van der Waals surface area contributed by atoms with Crippen LogP contribution in [0.5, 0.6) is 0 Å². The summed E-state index contributed by atoms with van der Waals surface area (Å²) < 4.78 is 27.1. The fraction of sp³-hybridized carbons (Fsp3) is 0.571. The van der Waals surface area contributed by atoms with Crippen LogP contribution in [0.3, 0.4) is 0 Å². The summed E-state index contributed by atoms with van der Waals surface area (Å²) in [4.78, 5) is 39.6. The smallest absolute Gasteiger partial charge is 0.322 e. The van der Waals surface area contributed by atoms with Gasteiger partial charge in [-0.15, -0.1) is 0 Å². The Hall–Kier alpha value is -2.21. The molecular weight excluding hydrogens is 470 g/mol. The third-order valence-electron chi connectivity index (χ3n) is 6.68. The van der Waals surface area contributed by atoms with E-state index in [4.69, 9.17) is 11.6 Å². The molecule has 3 fully saturated rings. The standard InChI is InChI=1S/C21H28ClN5O5S/c1-15-6-8-21(9-7-15)19(29)27(20(30)23-21)24-18(28)14-25-10-12-26(13-11-25)33(31,32)17-5-3-2-4-16(17)22/h2-5,15H,6-14H2,1H3,(H,23,30)(H,24,28). The first-order chi connectivity index (χ1) is 15.6. The molecule has 2 N–H and O–H groups in total. The van der Waals surface area contributed by atoms with Gasteiger partial charge in [0.2, 0.25) is 10.0 Å². The minimum atomic E-state index is -3.73. The quantitative estimate of drug-likeness (QED) is 0.589. The van der Waals surface area contributed by atoms with Crippen molar-refractivity contribution in [2.75, 3.05) is 32.7 Å². The molecule has 0 bridgehead atoms. The van der Waals surface area contributed by atoms with Gasteiger partial charge in [-0.2, -0.15) is 9.31 Å². The van der Waals surface area contributed by atoms with Crippen LogP contribution in [-0.2, 0) is 19.6 Å². The lowest BCUT2D eigenvalue weighted by Crippen LogP contribution is -2.55. The number of piperazine rings is 1. The highest BCUT2D eigenvalue weighted by atomic mass is 35.5. The maximum absolute atomic E-state index is 12.9. The number of hydrogen-bond acceptors (Lipinski definition) is 6. The molecule has 2 heterocycles. The summed E-state index contributed by atoms with van der Waals surface area (Å²) in [5.74, 6) is -0.407. The highest BCUT2D eigenvalue weighted by molar-refractivity contribution is 7.89. The van der Waals surface area contributed by atoms with Gasteiger partial charge in [0.25, 0.3) is 11.8 Å². The fourth-order valence-electron chi connectivity index (χ4n) is 4.60. The Morgan fingerprint density at radius 1 is 1.15 bits per heavy atom. The van der Waals surface area contributed by atoms with Crippen LogP contribution in [0.2, 0.25) is 5.02 Å². The molecular formula is C21H28ClN5O5S. The zero-order valence-electron chi connectivity index (χ0n) is 18.4. The predicted molar refractivity (Wildman–Crippen MR) is 121 cm³/mol. The number of hydrogen-bond donors (Lipinski definition) is 2. The van der Waals surface area contributed by atoms with Crippen molar-refractivity contribution in [3.05, 3.63) is 29.3 Å². The molecule has 12 heteroatoms. The molecule has 10 nitrogen and oxygen atoms in total. The van der Waals surface area contributed by atoms with Crippen LogP contribution >= 0.6 is 11.6 Å². The first-order valence-corrected chi connectivity index (χ1v) is 12.9. The minimum absolute atomic E-state index is 0.0545. The number of hydrazine groups is 1. The van der Waals surface area contributed by atoms with Gasteiger partial charge in [0, 0.05) is 26.2 Å². The number of halogens is 1. The second kappa shape index (κ2) is 9.21. The third-order valence-corrected chi connectivity index (χ3v) is 9.08. The third kappa shape index (κ3) is 4.72. The summed E-state index contributed by atoms with van der Waals surface area (Å²) >= 11 is 6.06. The number of imide groups is 1. The largest absolute Gasteiger partial charge is 0.344 e. The highest BCUT2D eigenvalue weighted by Gasteiger charge is 2.53. The first kappa shape index (κ1) is 23.9. The number of rotatable bonds is 5. The number of sulfonamides is 1. The van der Waals surface area contributed by atoms with Crippen molar-refractivity contribution in [3.8, 4) is 0 Å². The van der Waals surface area contributed by atoms with E-state index in [0.717, 1.165) is 17.9 Å². The van der Waals surface area contributed by atoms with E-state index in [9.17, 15) is 22.8 Å². The van der Waals surface area contributed by atoms with Gasteiger partial charge < -0.3 is 5.32 Å². The van der Waals surface area contributed by atoms with E-state index >= 15 is 0 Å². The molecule has 2 aliphatic heterocycles. The van der Waals surface area contributed by atoms with Crippen molar-refractivity contribution in [1.82, 2.24) is 25.0 Å². The van der Waals surface area contributed by atoms with Crippen molar-refractivity contribution in [2.45, 2.75) is 43.0 Å². The Morgan fingerprint density at radius 3 is 2.42 bits per heavy atom. The number of benzene rings is 1. The molecule has 0 atom stereocenters. The number of carbonyl (C=O) groups excluding carboxylic acids is 3. The molecule has 0 radical (unpaired) electrons. The Labute approximate surface area is 198 Å². The SMILES string of the molecule is CC1CCC2(CC1)NC(=O)N(NC(=O)CN1CCN(S(=O)(=O)c3ccccc3Cl)CC1)C2=O. The summed E-state index contributed by atoms with van der Waals surface area (Å²) in [7, 11) is -3.73. The topological polar surface area (TPSA) is 119 Å². The lowest BCUT2D eigenvalue weighted by Gasteiger charge is -2.34. The summed E-state index contributed by atoms with van der Waals surface area (Å²) in [6, 6.07) is 5.67. The lowest BCUT2D eigenvalue weighted by atomic mass is 9.77. The predicted octanol–water partition coefficient (Wildman–Crippen LogP) is 1.18. The van der Waals surface area contributed by atoms with E-state index in [1.54, 1.807) is 17.0 Å². The molecule has 1 spiro atoms. The van der Waals surface area contributed by atoms with Crippen LogP contribution in [0.15, 0.2) is 29.2 Å². The second-order valence-electron chi connectivity index (χ2n) is 8.98. The van der Waals surface area contributed by atoms with Gasteiger partial charge in [0.1, 0.15) is 10.4 Å². The molecule has 1 aromatic rings. The number of nitrogens with zero attached hydrogens (tertiary/aromatic N) is 3. The van der Waals surface area contributed by atoms with E-state index in [2.05, 4.69) is 17.7 Å². The van der Waals surface area contributed by atoms with E-state index in [-0.39, 0.29) is 29.6 Å². The van der Waals surface area contributed by atoms with Crippen molar-refractivity contribution < 1.29 is 22.8 Å². The van der Waals surface area contributed by atoms with Crippen molar-refractivity contribution in [3.63, 3.8) is 0 Å². The average Bonchev–Trinajstić information content (AvgIpc) is 3.00. The van der Waals surface area contributed by atoms with Gasteiger partial charge in [-0.3, -0.25) is 19.9 Å². The Balaban J connectivity index is 1.30. The van der Waals surface area contributed by atoms with E-state index in [1.165, 1.54) is 16.4 Å². The molecule has 2 saturated heterocycles. The number of amides is 4. The van der Waals surface area contributed by atoms with Gasteiger partial charge in [0.05, 0.1) is 11.6 Å². The molecule has 33 heavy (non-hydrogen) atoms. The Morgan fingerprint density at radius 2 is 1.79 bits per heavy atom. The summed E-state index contributed by atoms with van der Waals surface area (Å²) in [5, 5.41) is 3.72. The van der Waals surface area contributed by atoms with Crippen molar-refractivity contribution >= 4 is 39.5 Å². The van der Waals surface area contributed by atoms with E-state index < -0.39 is 33.4 Å². The molecule has 4 rings (SSSR count). The summed E-state index contributed by atoms with van der Waals surface area (Å²) in [6.45, 7) is 3.13. The first-order valence-electron chi connectivity index (χ1n) is 11.1. The van der Waals surface area contributed by atoms with Crippen molar-refractivity contribution in [2.24, 2.45) is 5.92 Å². The maximum Gasteiger partial charge on any atom is 0.344 e. The molecule has 0 aromatic heterocycles. The molecule has 180 valence electrons. The van der Waals surface area contributed by atoms with Gasteiger partial charge in [-0.25, -0.2) is 13.2 Å². The van der Waals surface area contributed by atoms with Crippen LogP contribution in [-0.4, -0.2) is 78.7 Å². The second-order valence-corrected chi connectivity index (χ2v) is 11.3. The molecule has 1 aromatic carbocycles. The monoisotopic (exact) mass is 497 g/mol. The Kier molecular flexibility index (Phi) is 6.68. The number of carbonyl (C=O) groups is 3. The van der Waals surface area contributed by atoms with Crippen LogP contribution in [0, 0.1) is 5.92 Å². The molecule has 0 unspecified atom stereocenters. The fourth-order valence-corrected chi connectivity index (χ4v) is 6.52. The molecule has 3 aliphatic rings. The zero-order valence-corrected chi connectivity index (χ0v) is 20.0. The summed E-state index contributed by atoms with van der Waals surface area (Å²) in [5.41, 5.74) is 1.50. The normalized spacial score (nSPS) is 27.1. The van der Waals surface area contributed by atoms with Gasteiger partial charge in [-0.05, 0) is 43.7 Å². The average molecular weight is 498 g/mol. The van der Waals surface area contributed by atoms with Gasteiger partial charge in [-0.1, -0.05) is 30.7 Å². The molecule has 1 aliphatic carbocycles. The molecule has 4 amide bonds. The summed E-state index contributed by atoms with van der Waals surface area (Å²) in [6.07, 6.45) is 2.81. The van der Waals surface area contributed by atoms with Crippen molar-refractivity contribution in [1.29, 1.82) is 0 Å². The van der Waals surface area contributed by atoms with Crippen LogP contribution in [0.4, 0.5) is 4.79 Å². The number of nitrogens with one attached hydrogen (secondary N) is 2. The van der Waals surface area contributed by atoms with Crippen LogP contribution < -0.4 is 10.7 Å². The lowest BCUT2D eigenvalue weighted by molar-refractivity contribution is -0.140. The zero-order chi connectivity index (χ0) is 23.8. The van der Waals surface area contributed by atoms with Gasteiger partial charge in [0.15, 0.2) is 0 Å². The minimum Gasteiger partial charge on any atom is -0.322 e. The number of urea groups is 1.